The molecule has 6 N–H and O–H groups in total. The molecule has 502 valence electrons. The summed E-state index contributed by atoms with van der Waals surface area (Å²) >= 11 is 0. The van der Waals surface area contributed by atoms with Crippen molar-refractivity contribution in [3.8, 4) is 11.8 Å². The van der Waals surface area contributed by atoms with Crippen molar-refractivity contribution < 1.29 is 66.1 Å². The fourth-order valence-corrected chi connectivity index (χ4v) is 11.6. The number of sulfone groups is 1. The maximum atomic E-state index is 14.8. The Hall–Kier alpha value is -7.53. The van der Waals surface area contributed by atoms with E-state index < -0.39 is 118 Å². The van der Waals surface area contributed by atoms with Gasteiger partial charge >= 0.3 is 6.09 Å². The van der Waals surface area contributed by atoms with Gasteiger partial charge in [-0.05, 0) is 80.0 Å². The number of aliphatic hydroxyl groups is 1. The number of unbranched alkanes of at least 4 members (excludes halogenated alkanes) is 1. The number of likely N-dealkylation sites (N-methyl/N-ethyl adjacent to an activating group) is 2. The number of rotatable bonds is 32. The molecule has 24 nitrogen and oxygen atoms in total. The topological polar surface area (TPSA) is 314 Å². The summed E-state index contributed by atoms with van der Waals surface area (Å²) in [6, 6.07) is 9.86. The predicted octanol–water partition coefficient (Wildman–Crippen LogP) is 5.58. The molecule has 4 rings (SSSR count). The molecule has 1 saturated heterocycles. The number of nitrogens with one attached hydrogen (secondary N) is 5. The summed E-state index contributed by atoms with van der Waals surface area (Å²) in [5.74, 6) is 0.737. The average molecular weight is 1290 g/mol. The lowest BCUT2D eigenvalue weighted by atomic mass is 9.89. The number of carbonyl (C=O) groups excluding carboxylic acids is 8. The van der Waals surface area contributed by atoms with E-state index in [2.05, 4.69) is 48.4 Å². The monoisotopic (exact) mass is 1290 g/mol. The number of aromatic nitrogens is 2. The highest BCUT2D eigenvalue weighted by Crippen LogP contribution is 2.30. The van der Waals surface area contributed by atoms with Crippen LogP contribution >= 0.6 is 0 Å². The van der Waals surface area contributed by atoms with Gasteiger partial charge < -0.3 is 55.7 Å². The van der Waals surface area contributed by atoms with Crippen molar-refractivity contribution in [2.45, 2.75) is 193 Å². The van der Waals surface area contributed by atoms with Gasteiger partial charge in [0, 0.05) is 72.0 Å². The average Bonchev–Trinajstić information content (AvgIpc) is 1.85. The number of ether oxygens (including phenoxy) is 3. The molecule has 0 aliphatic carbocycles. The van der Waals surface area contributed by atoms with Crippen LogP contribution in [0.1, 0.15) is 144 Å². The molecule has 12 atom stereocenters. The van der Waals surface area contributed by atoms with E-state index in [1.165, 1.54) is 45.5 Å². The molecule has 25 heteroatoms. The third-order valence-corrected chi connectivity index (χ3v) is 17.5. The van der Waals surface area contributed by atoms with Crippen molar-refractivity contribution in [1.29, 1.82) is 0 Å². The molecule has 3 aromatic rings. The first-order valence-electron chi connectivity index (χ1n) is 31.2. The molecular formula is C66H98N10O14S. The van der Waals surface area contributed by atoms with Crippen LogP contribution in [-0.2, 0) is 64.2 Å². The highest BCUT2D eigenvalue weighted by Gasteiger charge is 2.44. The van der Waals surface area contributed by atoms with E-state index in [9.17, 15) is 51.9 Å². The molecule has 0 saturated carbocycles. The third kappa shape index (κ3) is 22.1. The SMILES string of the molecule is CC[C@H](C)[C@@H]([C@@H](CC(=O)N1CCC[C@H]1[C@H](OC)[C@@H](C)C(=O)N[C@H](C)[C@H](O)c1ccccc1)OC)N(C)C(=O)[C@@H](NC(=O)[C@H](C(C)C)N(C)C(=O)OCc1ccc(NC(=O)[C@H](C)NC(=O)[C@@H](NC(=O)CCCC#Cc2cnc(S(C)(=O)=O)nc2)C(C)C)cc1)C(C)C. The fraction of sp³-hybridized carbons (Fsp3) is 0.606. The first-order chi connectivity index (χ1) is 42.9. The molecule has 1 fully saturated rings. The summed E-state index contributed by atoms with van der Waals surface area (Å²) in [5, 5.41) is 24.7. The van der Waals surface area contributed by atoms with E-state index in [0.29, 0.717) is 61.0 Å². The third-order valence-electron chi connectivity index (χ3n) is 16.6. The standard InChI is InChI=1S/C66H98N10O14S/c1-17-42(8)57(51(88-14)35-53(78)76-34-24-28-50(76)59(89-15)43(9)60(80)69-44(10)58(79)48-26-21-19-22-27-48)74(12)64(84)55(40(4)5)73-63(83)56(41(6)7)75(13)66(85)90-38-46-30-32-49(33-31-46)71-61(81)45(11)70-62(82)54(39(2)3)72-52(77)29-23-18-20-25-47-36-67-65(68-37-47)91(16,86)87/h19,21-22,26-27,30-33,36-37,39-45,50-51,54-59,79H,17-18,23-24,28-29,34-35,38H2,1-16H3,(H,69,80)(H,70,82)(H,71,81)(H,72,77)(H,73,83)/t42-,43+,44+,45-,50-,51+,54-,55-,56-,57-,58-,59+/m0/s1. The number of aliphatic hydroxyl groups excluding tert-OH is 1. The number of hydrogen-bond donors (Lipinski definition) is 6. The minimum atomic E-state index is -3.54. The van der Waals surface area contributed by atoms with E-state index in [-0.39, 0.29) is 54.2 Å². The van der Waals surface area contributed by atoms with Crippen molar-refractivity contribution >= 4 is 63.0 Å². The Labute approximate surface area is 537 Å². The quantitative estimate of drug-likeness (QED) is 0.0253. The molecular weight excluding hydrogens is 1190 g/mol. The van der Waals surface area contributed by atoms with Gasteiger partial charge in [-0.3, -0.25) is 38.5 Å². The van der Waals surface area contributed by atoms with Crippen molar-refractivity contribution in [3.63, 3.8) is 0 Å². The van der Waals surface area contributed by atoms with Crippen molar-refractivity contribution in [2.24, 2.45) is 29.6 Å². The van der Waals surface area contributed by atoms with Crippen LogP contribution < -0.4 is 26.6 Å². The van der Waals surface area contributed by atoms with Gasteiger partial charge in [-0.2, -0.15) is 0 Å². The molecule has 1 aromatic heterocycles. The van der Waals surface area contributed by atoms with Gasteiger partial charge in [0.05, 0.1) is 54.3 Å². The van der Waals surface area contributed by atoms with E-state index in [1.807, 2.05) is 32.0 Å². The number of amides is 8. The zero-order valence-electron chi connectivity index (χ0n) is 55.8. The Kier molecular flexibility index (Phi) is 30.0. The second-order valence-electron chi connectivity index (χ2n) is 24.7. The summed E-state index contributed by atoms with van der Waals surface area (Å²) in [4.78, 5) is 122. The van der Waals surface area contributed by atoms with Gasteiger partial charge in [-0.25, -0.2) is 23.2 Å². The highest BCUT2D eigenvalue weighted by molar-refractivity contribution is 7.90. The Morgan fingerprint density at radius 3 is 1.95 bits per heavy atom. The number of hydrogen-bond acceptors (Lipinski definition) is 16. The largest absolute Gasteiger partial charge is 0.445 e. The normalized spacial score (nSPS) is 16.9. The summed E-state index contributed by atoms with van der Waals surface area (Å²) < 4.78 is 40.9. The predicted molar refractivity (Wildman–Crippen MR) is 344 cm³/mol. The van der Waals surface area contributed by atoms with Crippen molar-refractivity contribution in [1.82, 2.24) is 45.9 Å². The number of nitrogens with zero attached hydrogens (tertiary/aromatic N) is 5. The molecule has 8 amide bonds. The van der Waals surface area contributed by atoms with Crippen LogP contribution in [0, 0.1) is 41.4 Å². The molecule has 2 aromatic carbocycles. The molecule has 0 spiro atoms. The Balaban J connectivity index is 1.32. The number of methoxy groups -OCH3 is 2. The maximum Gasteiger partial charge on any atom is 0.410 e. The summed E-state index contributed by atoms with van der Waals surface area (Å²) in [6.07, 6.45) is 3.08. The van der Waals surface area contributed by atoms with Crippen molar-refractivity contribution in [3.05, 3.63) is 83.7 Å². The fourth-order valence-electron chi connectivity index (χ4n) is 11.1. The Morgan fingerprint density at radius 2 is 1.38 bits per heavy atom. The van der Waals surface area contributed by atoms with Gasteiger partial charge in [-0.1, -0.05) is 123 Å². The van der Waals surface area contributed by atoms with Gasteiger partial charge in [0.15, 0.2) is 0 Å². The van der Waals surface area contributed by atoms with E-state index in [0.717, 1.165) is 6.26 Å². The van der Waals surface area contributed by atoms with Crippen LogP contribution in [0.2, 0.25) is 0 Å². The lowest BCUT2D eigenvalue weighted by molar-refractivity contribution is -0.148. The van der Waals surface area contributed by atoms with E-state index in [1.54, 1.807) is 109 Å². The van der Waals surface area contributed by atoms with Gasteiger partial charge in [-0.15, -0.1) is 0 Å². The van der Waals surface area contributed by atoms with Crippen LogP contribution in [0.5, 0.6) is 0 Å². The summed E-state index contributed by atoms with van der Waals surface area (Å²) in [6.45, 7) is 19.9. The molecule has 2 heterocycles. The van der Waals surface area contributed by atoms with Crippen molar-refractivity contribution in [2.75, 3.05) is 46.4 Å². The molecule has 0 unspecified atom stereocenters. The van der Waals surface area contributed by atoms with Crippen LogP contribution in [0.3, 0.4) is 0 Å². The minimum Gasteiger partial charge on any atom is -0.445 e. The Bertz CT molecular complexity index is 3090. The second-order valence-corrected chi connectivity index (χ2v) is 26.6. The smallest absolute Gasteiger partial charge is 0.410 e. The number of likely N-dealkylation sites (tertiary alicyclic amines) is 1. The lowest BCUT2D eigenvalue weighted by Crippen LogP contribution is -2.60. The van der Waals surface area contributed by atoms with E-state index >= 15 is 0 Å². The Morgan fingerprint density at radius 1 is 0.758 bits per heavy atom. The van der Waals surface area contributed by atoms with Crippen LogP contribution in [0.4, 0.5) is 10.5 Å². The van der Waals surface area contributed by atoms with Gasteiger partial charge in [0.2, 0.25) is 56.3 Å². The molecule has 1 aliphatic heterocycles. The second kappa shape index (κ2) is 35.9. The minimum absolute atomic E-state index is 0.0773. The number of anilines is 1. The van der Waals surface area contributed by atoms with Crippen LogP contribution in [-0.4, -0.2) is 181 Å². The van der Waals surface area contributed by atoms with Crippen LogP contribution in [0.15, 0.2) is 72.1 Å². The zero-order chi connectivity index (χ0) is 68.0. The molecule has 0 radical (unpaired) electrons. The first kappa shape index (κ1) is 75.9. The van der Waals surface area contributed by atoms with Gasteiger partial charge in [0.25, 0.3) is 0 Å². The van der Waals surface area contributed by atoms with Crippen LogP contribution in [0.25, 0.3) is 0 Å². The number of benzene rings is 2. The first-order valence-corrected chi connectivity index (χ1v) is 33.1. The number of carbonyl (C=O) groups is 8. The summed E-state index contributed by atoms with van der Waals surface area (Å²) in [7, 11) is 2.57. The molecule has 1 aliphatic rings. The maximum absolute atomic E-state index is 14.8. The lowest BCUT2D eigenvalue weighted by Gasteiger charge is -2.41. The molecule has 0 bridgehead atoms. The molecule has 91 heavy (non-hydrogen) atoms. The van der Waals surface area contributed by atoms with Gasteiger partial charge in [0.1, 0.15) is 30.8 Å². The zero-order valence-corrected chi connectivity index (χ0v) is 56.6. The summed E-state index contributed by atoms with van der Waals surface area (Å²) in [5.41, 5.74) is 2.04. The highest BCUT2D eigenvalue weighted by atomic mass is 32.2. The van der Waals surface area contributed by atoms with E-state index in [4.69, 9.17) is 14.2 Å².